The van der Waals surface area contributed by atoms with E-state index in [-0.39, 0.29) is 28.7 Å². The Labute approximate surface area is 200 Å². The molecule has 35 heavy (non-hydrogen) atoms. The summed E-state index contributed by atoms with van der Waals surface area (Å²) < 4.78 is 5.17. The van der Waals surface area contributed by atoms with Crippen molar-refractivity contribution in [2.75, 3.05) is 13.7 Å². The lowest BCUT2D eigenvalue weighted by Gasteiger charge is -2.30. The van der Waals surface area contributed by atoms with Crippen LogP contribution in [0.4, 0.5) is 5.69 Å². The fourth-order valence-electron chi connectivity index (χ4n) is 5.76. The smallest absolute Gasteiger partial charge is 0.273 e. The number of hydrogen-bond acceptors (Lipinski definition) is 7. The number of methoxy groups -OCH3 is 1. The number of amides is 3. The highest BCUT2D eigenvalue weighted by molar-refractivity contribution is 6.10. The Kier molecular flexibility index (Phi) is 5.58. The van der Waals surface area contributed by atoms with Gasteiger partial charge in [-0.05, 0) is 55.4 Å². The third kappa shape index (κ3) is 3.74. The van der Waals surface area contributed by atoms with E-state index in [4.69, 9.17) is 4.74 Å². The van der Waals surface area contributed by atoms with Crippen molar-refractivity contribution in [2.24, 2.45) is 23.7 Å². The predicted molar refractivity (Wildman–Crippen MR) is 121 cm³/mol. The predicted octanol–water partition coefficient (Wildman–Crippen LogP) is 2.87. The van der Waals surface area contributed by atoms with Gasteiger partial charge in [0.05, 0.1) is 23.9 Å². The van der Waals surface area contributed by atoms with Gasteiger partial charge in [0, 0.05) is 23.3 Å². The lowest BCUT2D eigenvalue weighted by atomic mass is 9.81. The third-order valence-electron chi connectivity index (χ3n) is 7.39. The van der Waals surface area contributed by atoms with E-state index in [9.17, 15) is 29.3 Å². The Morgan fingerprint density at radius 2 is 1.66 bits per heavy atom. The minimum Gasteiger partial charge on any atom is -0.497 e. The number of carbonyl (C=O) groups excluding carboxylic acids is 4. The number of fused-ring (bicyclic) bond motifs is 5. The maximum Gasteiger partial charge on any atom is 0.273 e. The highest BCUT2D eigenvalue weighted by Gasteiger charge is 2.62. The first kappa shape index (κ1) is 22.7. The molecule has 5 rings (SSSR count). The molecule has 180 valence electrons. The minimum absolute atomic E-state index is 0.0228. The molecular formula is C25H23N3O7. The van der Waals surface area contributed by atoms with Crippen molar-refractivity contribution in [1.29, 1.82) is 0 Å². The molecule has 2 bridgehead atoms. The minimum atomic E-state index is -0.759. The molecule has 2 aromatic rings. The van der Waals surface area contributed by atoms with Gasteiger partial charge < -0.3 is 4.74 Å². The molecule has 4 atom stereocenters. The molecule has 3 fully saturated rings. The highest BCUT2D eigenvalue weighted by Crippen LogP contribution is 2.56. The number of hydrogen-bond donors (Lipinski definition) is 0. The summed E-state index contributed by atoms with van der Waals surface area (Å²) in [5.41, 5.74) is 0.0693. The SMILES string of the molecule is COc1cccc(C(=O)CN(C(=O)c2ccc([N+](=O)[O-])cc2)N2C(=O)[C@@H]3[C@H]4CC[C@@H](C4)[C@@H]3C2=O)c1. The molecule has 1 aliphatic heterocycles. The molecule has 0 unspecified atom stereocenters. The Balaban J connectivity index is 1.49. The number of nitrogens with zero attached hydrogens (tertiary/aromatic N) is 3. The zero-order chi connectivity index (χ0) is 24.9. The van der Waals surface area contributed by atoms with E-state index < -0.39 is 46.8 Å². The Morgan fingerprint density at radius 1 is 1.03 bits per heavy atom. The van der Waals surface area contributed by atoms with Crippen molar-refractivity contribution in [3.8, 4) is 5.75 Å². The topological polar surface area (TPSA) is 127 Å². The lowest BCUT2D eigenvalue weighted by Crippen LogP contribution is -2.52. The van der Waals surface area contributed by atoms with Gasteiger partial charge in [0.25, 0.3) is 23.4 Å². The van der Waals surface area contributed by atoms with Gasteiger partial charge in [-0.3, -0.25) is 29.3 Å². The number of carbonyl (C=O) groups is 4. The van der Waals surface area contributed by atoms with E-state index in [2.05, 4.69) is 0 Å². The van der Waals surface area contributed by atoms with Crippen LogP contribution in [0.2, 0.25) is 0 Å². The van der Waals surface area contributed by atoms with Crippen LogP contribution in [0.25, 0.3) is 0 Å². The van der Waals surface area contributed by atoms with Crippen LogP contribution >= 0.6 is 0 Å². The summed E-state index contributed by atoms with van der Waals surface area (Å²) >= 11 is 0. The first-order chi connectivity index (χ1) is 16.8. The molecule has 0 aromatic heterocycles. The molecule has 0 N–H and O–H groups in total. The van der Waals surface area contributed by atoms with E-state index >= 15 is 0 Å². The normalized spacial score (nSPS) is 24.4. The standard InChI is InChI=1S/C25H23N3O7/c1-35-19-4-2-3-15(12-19)20(29)13-26(23(30)14-7-9-18(10-8-14)28(33)34)27-24(31)21-16-5-6-17(11-16)22(21)25(27)32/h2-4,7-10,12,16-17,21-22H,5-6,11,13H2,1H3/t16-,17-,21-,22+/m0/s1. The Bertz CT molecular complexity index is 1210. The Morgan fingerprint density at radius 3 is 2.23 bits per heavy atom. The molecule has 2 saturated carbocycles. The number of rotatable bonds is 7. The van der Waals surface area contributed by atoms with Gasteiger partial charge in [0.15, 0.2) is 5.78 Å². The molecule has 2 aromatic carbocycles. The van der Waals surface area contributed by atoms with E-state index in [1.165, 1.54) is 25.3 Å². The molecule has 1 heterocycles. The number of ketones is 1. The summed E-state index contributed by atoms with van der Waals surface area (Å²) in [5, 5.41) is 12.7. The van der Waals surface area contributed by atoms with Crippen molar-refractivity contribution in [1.82, 2.24) is 10.0 Å². The summed E-state index contributed by atoms with van der Waals surface area (Å²) in [6, 6.07) is 11.2. The largest absolute Gasteiger partial charge is 0.497 e. The molecule has 3 amide bonds. The summed E-state index contributed by atoms with van der Waals surface area (Å²) in [7, 11) is 1.46. The highest BCUT2D eigenvalue weighted by atomic mass is 16.6. The van der Waals surface area contributed by atoms with Gasteiger partial charge in [-0.2, -0.15) is 5.01 Å². The van der Waals surface area contributed by atoms with Crippen LogP contribution in [0.1, 0.15) is 40.0 Å². The molecule has 2 aliphatic carbocycles. The number of hydrazine groups is 1. The number of Topliss-reactive ketones (excluding diaryl/α,β-unsaturated/α-hetero) is 1. The van der Waals surface area contributed by atoms with Crippen LogP contribution in [-0.4, -0.2) is 52.1 Å². The average Bonchev–Trinajstić information content (AvgIpc) is 3.56. The van der Waals surface area contributed by atoms with Crippen molar-refractivity contribution >= 4 is 29.2 Å². The molecular weight excluding hydrogens is 454 g/mol. The van der Waals surface area contributed by atoms with Gasteiger partial charge in [-0.25, -0.2) is 5.01 Å². The molecule has 10 nitrogen and oxygen atoms in total. The first-order valence-corrected chi connectivity index (χ1v) is 11.4. The van der Waals surface area contributed by atoms with Gasteiger partial charge in [0.2, 0.25) is 0 Å². The summed E-state index contributed by atoms with van der Waals surface area (Å²) in [6.45, 7) is -0.546. The first-order valence-electron chi connectivity index (χ1n) is 11.4. The van der Waals surface area contributed by atoms with Crippen molar-refractivity contribution in [3.63, 3.8) is 0 Å². The quantitative estimate of drug-likeness (QED) is 0.260. The molecule has 0 spiro atoms. The Hall–Kier alpha value is -4.08. The fraction of sp³-hybridized carbons (Fsp3) is 0.360. The summed E-state index contributed by atoms with van der Waals surface area (Å²) in [5.74, 6) is -2.44. The van der Waals surface area contributed by atoms with E-state index in [0.717, 1.165) is 41.4 Å². The monoisotopic (exact) mass is 477 g/mol. The van der Waals surface area contributed by atoms with Crippen LogP contribution in [-0.2, 0) is 9.59 Å². The average molecular weight is 477 g/mol. The molecule has 10 heteroatoms. The maximum atomic E-state index is 13.5. The van der Waals surface area contributed by atoms with Crippen LogP contribution in [0, 0.1) is 33.8 Å². The van der Waals surface area contributed by atoms with E-state index in [0.29, 0.717) is 5.75 Å². The van der Waals surface area contributed by atoms with Crippen molar-refractivity contribution in [2.45, 2.75) is 19.3 Å². The van der Waals surface area contributed by atoms with Gasteiger partial charge in [0.1, 0.15) is 12.3 Å². The summed E-state index contributed by atoms with van der Waals surface area (Å²) in [4.78, 5) is 63.9. The molecule has 3 aliphatic rings. The van der Waals surface area contributed by atoms with Gasteiger partial charge in [-0.1, -0.05) is 12.1 Å². The third-order valence-corrected chi connectivity index (χ3v) is 7.39. The van der Waals surface area contributed by atoms with Crippen LogP contribution < -0.4 is 4.74 Å². The van der Waals surface area contributed by atoms with Gasteiger partial charge in [-0.15, -0.1) is 0 Å². The number of nitro benzene ring substituents is 1. The number of non-ortho nitro benzene ring substituents is 1. The van der Waals surface area contributed by atoms with Crippen LogP contribution in [0.5, 0.6) is 5.75 Å². The number of benzene rings is 2. The molecule has 0 radical (unpaired) electrons. The maximum absolute atomic E-state index is 13.5. The van der Waals surface area contributed by atoms with E-state index in [1.807, 2.05) is 0 Å². The van der Waals surface area contributed by atoms with Crippen LogP contribution in [0.3, 0.4) is 0 Å². The molecule has 1 saturated heterocycles. The summed E-state index contributed by atoms with van der Waals surface area (Å²) in [6.07, 6.45) is 2.58. The number of ether oxygens (including phenoxy) is 1. The second-order valence-corrected chi connectivity index (χ2v) is 9.19. The fourth-order valence-corrected chi connectivity index (χ4v) is 5.76. The zero-order valence-electron chi connectivity index (χ0n) is 19.0. The lowest BCUT2D eigenvalue weighted by molar-refractivity contribution is -0.384. The number of nitro groups is 1. The van der Waals surface area contributed by atoms with Crippen molar-refractivity contribution < 1.29 is 28.8 Å². The second-order valence-electron chi connectivity index (χ2n) is 9.19. The van der Waals surface area contributed by atoms with Gasteiger partial charge >= 0.3 is 0 Å². The van der Waals surface area contributed by atoms with Crippen molar-refractivity contribution in [3.05, 3.63) is 69.8 Å². The number of imide groups is 1. The second kappa shape index (κ2) is 8.61. The van der Waals surface area contributed by atoms with E-state index in [1.54, 1.807) is 18.2 Å². The zero-order valence-corrected chi connectivity index (χ0v) is 19.0. The van der Waals surface area contributed by atoms with Crippen LogP contribution in [0.15, 0.2) is 48.5 Å².